The van der Waals surface area contributed by atoms with Crippen LogP contribution in [0, 0.1) is 11.6 Å². The van der Waals surface area contributed by atoms with Crippen LogP contribution in [0.15, 0.2) is 72.8 Å². The third kappa shape index (κ3) is 5.91. The summed E-state index contributed by atoms with van der Waals surface area (Å²) >= 11 is 0. The van der Waals surface area contributed by atoms with Crippen LogP contribution in [0.1, 0.15) is 31.1 Å². The van der Waals surface area contributed by atoms with Crippen molar-refractivity contribution < 1.29 is 27.8 Å². The largest absolute Gasteiger partial charge is 0.459 e. The van der Waals surface area contributed by atoms with E-state index in [1.165, 1.54) is 6.07 Å². The lowest BCUT2D eigenvalue weighted by atomic mass is 10.1. The Morgan fingerprint density at radius 3 is 2.06 bits per heavy atom. The summed E-state index contributed by atoms with van der Waals surface area (Å²) in [4.78, 5) is 26.6. The van der Waals surface area contributed by atoms with Crippen molar-refractivity contribution in [2.45, 2.75) is 26.4 Å². The van der Waals surface area contributed by atoms with Crippen molar-refractivity contribution in [1.82, 2.24) is 0 Å². The van der Waals surface area contributed by atoms with Crippen molar-refractivity contribution in [3.63, 3.8) is 0 Å². The van der Waals surface area contributed by atoms with Gasteiger partial charge in [0.2, 0.25) is 0 Å². The minimum absolute atomic E-state index is 0.219. The molecule has 1 amide bonds. The zero-order valence-corrected chi connectivity index (χ0v) is 18.0. The van der Waals surface area contributed by atoms with Crippen molar-refractivity contribution in [3.05, 3.63) is 90.0 Å². The summed E-state index contributed by atoms with van der Waals surface area (Å²) in [5.41, 5.74) is -1.34. The van der Waals surface area contributed by atoms with Crippen LogP contribution in [0.25, 0.3) is 0 Å². The number of esters is 1. The van der Waals surface area contributed by atoms with Gasteiger partial charge >= 0.3 is 5.97 Å². The van der Waals surface area contributed by atoms with E-state index in [0.717, 1.165) is 23.1 Å². The van der Waals surface area contributed by atoms with Gasteiger partial charge in [0.05, 0.1) is 0 Å². The average Bonchev–Trinajstić information content (AvgIpc) is 2.71. The second-order valence-corrected chi connectivity index (χ2v) is 7.99. The van der Waals surface area contributed by atoms with Gasteiger partial charge in [-0.15, -0.1) is 0 Å². The molecule has 166 valence electrons. The molecule has 0 N–H and O–H groups in total. The quantitative estimate of drug-likeness (QED) is 0.459. The molecule has 0 saturated heterocycles. The molecule has 0 aromatic heterocycles. The number of carbonyl (C=O) groups excluding carboxylic acids is 2. The Morgan fingerprint density at radius 2 is 1.44 bits per heavy atom. The van der Waals surface area contributed by atoms with Crippen LogP contribution >= 0.6 is 0 Å². The van der Waals surface area contributed by atoms with Crippen LogP contribution in [0.4, 0.5) is 14.5 Å². The van der Waals surface area contributed by atoms with E-state index >= 15 is 0 Å². The molecular formula is C25H23F2NO4. The average molecular weight is 439 g/mol. The SMILES string of the molecule is CC(C)(C)OC(=O)CN(C(=O)c1c(F)cccc1F)c1cccc(Oc2ccccc2)c1. The maximum absolute atomic E-state index is 14.3. The monoisotopic (exact) mass is 439 g/mol. The fraction of sp³-hybridized carbons (Fsp3) is 0.200. The van der Waals surface area contributed by atoms with Crippen molar-refractivity contribution in [2.24, 2.45) is 0 Å². The minimum atomic E-state index is -1.03. The first-order valence-electron chi connectivity index (χ1n) is 9.95. The van der Waals surface area contributed by atoms with Gasteiger partial charge in [-0.3, -0.25) is 14.5 Å². The van der Waals surface area contributed by atoms with Gasteiger partial charge in [0.15, 0.2) is 0 Å². The Bertz CT molecular complexity index is 1090. The van der Waals surface area contributed by atoms with Gasteiger partial charge < -0.3 is 9.47 Å². The van der Waals surface area contributed by atoms with Crippen LogP contribution in [0.2, 0.25) is 0 Å². The highest BCUT2D eigenvalue weighted by molar-refractivity contribution is 6.08. The summed E-state index contributed by atoms with van der Waals surface area (Å²) < 4.78 is 39.7. The van der Waals surface area contributed by atoms with E-state index in [9.17, 15) is 18.4 Å². The lowest BCUT2D eigenvalue weighted by Crippen LogP contribution is -2.39. The molecule has 0 unspecified atom stereocenters. The van der Waals surface area contributed by atoms with E-state index < -0.39 is 41.2 Å². The van der Waals surface area contributed by atoms with E-state index in [1.807, 2.05) is 6.07 Å². The lowest BCUT2D eigenvalue weighted by Gasteiger charge is -2.26. The zero-order valence-electron chi connectivity index (χ0n) is 18.0. The third-order valence-electron chi connectivity index (χ3n) is 4.24. The number of para-hydroxylation sites is 1. The van der Waals surface area contributed by atoms with Crippen molar-refractivity contribution in [1.29, 1.82) is 0 Å². The van der Waals surface area contributed by atoms with Gasteiger partial charge in [0.25, 0.3) is 5.91 Å². The number of rotatable bonds is 6. The zero-order chi connectivity index (χ0) is 23.3. The summed E-state index contributed by atoms with van der Waals surface area (Å²) in [6, 6.07) is 18.4. The van der Waals surface area contributed by atoms with Gasteiger partial charge in [0.1, 0.15) is 40.8 Å². The summed E-state index contributed by atoms with van der Waals surface area (Å²) in [5, 5.41) is 0. The minimum Gasteiger partial charge on any atom is -0.459 e. The van der Waals surface area contributed by atoms with Crippen LogP contribution in [0.5, 0.6) is 11.5 Å². The molecular weight excluding hydrogens is 416 g/mol. The van der Waals surface area contributed by atoms with Gasteiger partial charge in [-0.2, -0.15) is 0 Å². The van der Waals surface area contributed by atoms with Crippen LogP contribution < -0.4 is 9.64 Å². The van der Waals surface area contributed by atoms with Crippen LogP contribution in [-0.2, 0) is 9.53 Å². The Hall–Kier alpha value is -3.74. The van der Waals surface area contributed by atoms with Gasteiger partial charge in [-0.25, -0.2) is 8.78 Å². The molecule has 0 aliphatic carbocycles. The third-order valence-corrected chi connectivity index (χ3v) is 4.24. The first-order valence-corrected chi connectivity index (χ1v) is 9.95. The molecule has 3 aromatic rings. The van der Waals surface area contributed by atoms with E-state index in [0.29, 0.717) is 11.5 Å². The topological polar surface area (TPSA) is 55.8 Å². The lowest BCUT2D eigenvalue weighted by molar-refractivity contribution is -0.152. The van der Waals surface area contributed by atoms with E-state index in [-0.39, 0.29) is 5.69 Å². The smallest absolute Gasteiger partial charge is 0.326 e. The van der Waals surface area contributed by atoms with Gasteiger partial charge in [0, 0.05) is 11.8 Å². The molecule has 32 heavy (non-hydrogen) atoms. The van der Waals surface area contributed by atoms with Gasteiger partial charge in [-0.05, 0) is 57.2 Å². The second-order valence-electron chi connectivity index (χ2n) is 7.99. The normalized spacial score (nSPS) is 11.0. The number of halogens is 2. The molecule has 5 nitrogen and oxygen atoms in total. The highest BCUT2D eigenvalue weighted by Gasteiger charge is 2.28. The molecule has 7 heteroatoms. The van der Waals surface area contributed by atoms with Gasteiger partial charge in [-0.1, -0.05) is 30.3 Å². The molecule has 0 bridgehead atoms. The van der Waals surface area contributed by atoms with Crippen molar-refractivity contribution in [3.8, 4) is 11.5 Å². The summed E-state index contributed by atoms with van der Waals surface area (Å²) in [5.74, 6) is -2.85. The number of anilines is 1. The Balaban J connectivity index is 1.98. The number of ether oxygens (including phenoxy) is 2. The predicted molar refractivity (Wildman–Crippen MR) is 117 cm³/mol. The standard InChI is InChI=1S/C25H23F2NO4/c1-25(2,3)32-22(29)16-28(24(30)23-20(26)13-8-14-21(23)27)17-9-7-12-19(15-17)31-18-10-5-4-6-11-18/h4-15H,16H2,1-3H3. The van der Waals surface area contributed by atoms with Crippen LogP contribution in [0.3, 0.4) is 0 Å². The van der Waals surface area contributed by atoms with Crippen LogP contribution in [-0.4, -0.2) is 24.0 Å². The Morgan fingerprint density at radius 1 is 0.844 bits per heavy atom. The fourth-order valence-corrected chi connectivity index (χ4v) is 2.96. The molecule has 3 aromatic carbocycles. The second kappa shape index (κ2) is 9.60. The number of amides is 1. The summed E-state index contributed by atoms with van der Waals surface area (Å²) in [6.45, 7) is 4.50. The summed E-state index contributed by atoms with van der Waals surface area (Å²) in [6.07, 6.45) is 0. The number of hydrogen-bond acceptors (Lipinski definition) is 4. The van der Waals surface area contributed by atoms with Crippen molar-refractivity contribution in [2.75, 3.05) is 11.4 Å². The molecule has 3 rings (SSSR count). The highest BCUT2D eigenvalue weighted by atomic mass is 19.1. The number of carbonyl (C=O) groups is 2. The fourth-order valence-electron chi connectivity index (χ4n) is 2.96. The molecule has 0 fully saturated rings. The molecule has 0 spiro atoms. The predicted octanol–water partition coefficient (Wildman–Crippen LogP) is 5.75. The molecule has 0 aliphatic heterocycles. The van der Waals surface area contributed by atoms with Crippen molar-refractivity contribution >= 4 is 17.6 Å². The molecule has 0 saturated carbocycles. The maximum atomic E-state index is 14.3. The number of nitrogens with zero attached hydrogens (tertiary/aromatic N) is 1. The van der Waals surface area contributed by atoms with E-state index in [4.69, 9.17) is 9.47 Å². The number of benzene rings is 3. The molecule has 0 atom stereocenters. The first kappa shape index (κ1) is 22.9. The van der Waals surface area contributed by atoms with E-state index in [1.54, 1.807) is 63.2 Å². The Kier molecular flexibility index (Phi) is 6.88. The maximum Gasteiger partial charge on any atom is 0.326 e. The highest BCUT2D eigenvalue weighted by Crippen LogP contribution is 2.28. The molecule has 0 heterocycles. The first-order chi connectivity index (χ1) is 15.1. The Labute approximate surface area is 185 Å². The molecule has 0 aliphatic rings. The number of hydrogen-bond donors (Lipinski definition) is 0. The van der Waals surface area contributed by atoms with E-state index in [2.05, 4.69) is 0 Å². The summed E-state index contributed by atoms with van der Waals surface area (Å²) in [7, 11) is 0. The molecule has 0 radical (unpaired) electrons.